The summed E-state index contributed by atoms with van der Waals surface area (Å²) in [5.74, 6) is 0.686. The minimum absolute atomic E-state index is 0.0181. The monoisotopic (exact) mass is 368 g/mol. The average Bonchev–Trinajstić information content (AvgIpc) is 2.66. The van der Waals surface area contributed by atoms with Gasteiger partial charge >= 0.3 is 0 Å². The number of H-pyrrole nitrogens is 1. The van der Waals surface area contributed by atoms with E-state index in [-0.39, 0.29) is 17.8 Å². The summed E-state index contributed by atoms with van der Waals surface area (Å²) in [4.78, 5) is 25.0. The number of fused-ring (bicyclic) bond motifs is 1. The van der Waals surface area contributed by atoms with Crippen LogP contribution >= 0.6 is 0 Å². The fourth-order valence-corrected chi connectivity index (χ4v) is 4.10. The van der Waals surface area contributed by atoms with Crippen molar-refractivity contribution in [2.75, 3.05) is 31.1 Å². The van der Waals surface area contributed by atoms with E-state index < -0.39 is 0 Å². The highest BCUT2D eigenvalue weighted by atomic mass is 16.5. The van der Waals surface area contributed by atoms with Crippen LogP contribution in [0, 0.1) is 0 Å². The minimum Gasteiger partial charge on any atom is -0.372 e. The van der Waals surface area contributed by atoms with E-state index in [1.165, 1.54) is 5.56 Å². The maximum atomic E-state index is 12.6. The Hall–Kier alpha value is -2.18. The largest absolute Gasteiger partial charge is 0.372 e. The fourth-order valence-electron chi connectivity index (χ4n) is 4.10. The van der Waals surface area contributed by atoms with Gasteiger partial charge in [0, 0.05) is 38.3 Å². The van der Waals surface area contributed by atoms with E-state index in [2.05, 4.69) is 52.9 Å². The highest BCUT2D eigenvalue weighted by Crippen LogP contribution is 2.20. The highest BCUT2D eigenvalue weighted by molar-refractivity contribution is 5.35. The number of rotatable bonds is 4. The van der Waals surface area contributed by atoms with Gasteiger partial charge in [0.2, 0.25) is 5.95 Å². The number of benzene rings is 1. The summed E-state index contributed by atoms with van der Waals surface area (Å²) in [5.41, 5.74) is 3.15. The number of hydrogen-bond acceptors (Lipinski definition) is 5. The summed E-state index contributed by atoms with van der Waals surface area (Å²) in [6, 6.07) is 10.5. The lowest BCUT2D eigenvalue weighted by Gasteiger charge is -2.36. The van der Waals surface area contributed by atoms with Crippen LogP contribution in [0.2, 0.25) is 0 Å². The van der Waals surface area contributed by atoms with Crippen LogP contribution in [0.3, 0.4) is 0 Å². The van der Waals surface area contributed by atoms with Crippen molar-refractivity contribution in [2.24, 2.45) is 0 Å². The molecule has 144 valence electrons. The molecule has 2 aliphatic rings. The van der Waals surface area contributed by atoms with Crippen LogP contribution in [0.4, 0.5) is 5.95 Å². The standard InChI is InChI=1S/C21H28N4O2/c1-15-12-25(13-16(2)27-15)21-22-19-14-24(11-9-18(19)20(26)23-21)10-8-17-6-4-3-5-7-17/h3-7,15-16H,8-14H2,1-2H3,(H,22,23,26)/t15-,16+. The Labute approximate surface area is 160 Å². The Morgan fingerprint density at radius 1 is 1.19 bits per heavy atom. The lowest BCUT2D eigenvalue weighted by molar-refractivity contribution is -0.00576. The molecule has 6 heteroatoms. The van der Waals surface area contributed by atoms with Crippen molar-refractivity contribution in [1.82, 2.24) is 14.9 Å². The second-order valence-electron chi connectivity index (χ2n) is 7.74. The van der Waals surface area contributed by atoms with Crippen LogP contribution in [-0.4, -0.2) is 53.3 Å². The minimum atomic E-state index is 0.0181. The first kappa shape index (κ1) is 18.2. The van der Waals surface area contributed by atoms with Crippen molar-refractivity contribution in [3.8, 4) is 0 Å². The number of aromatic amines is 1. The van der Waals surface area contributed by atoms with E-state index >= 15 is 0 Å². The molecule has 1 fully saturated rings. The van der Waals surface area contributed by atoms with Crippen molar-refractivity contribution >= 4 is 5.95 Å². The number of nitrogens with one attached hydrogen (secondary N) is 1. The Balaban J connectivity index is 1.48. The summed E-state index contributed by atoms with van der Waals surface area (Å²) < 4.78 is 5.80. The molecular formula is C21H28N4O2. The zero-order chi connectivity index (χ0) is 18.8. The van der Waals surface area contributed by atoms with E-state index in [1.807, 2.05) is 6.07 Å². The lowest BCUT2D eigenvalue weighted by Crippen LogP contribution is -2.47. The van der Waals surface area contributed by atoms with Gasteiger partial charge in [0.05, 0.1) is 17.9 Å². The van der Waals surface area contributed by atoms with Gasteiger partial charge in [-0.15, -0.1) is 0 Å². The summed E-state index contributed by atoms with van der Waals surface area (Å²) in [6.07, 6.45) is 2.06. The molecule has 0 saturated carbocycles. The zero-order valence-corrected chi connectivity index (χ0v) is 16.1. The molecule has 6 nitrogen and oxygen atoms in total. The fraction of sp³-hybridized carbons (Fsp3) is 0.524. The molecule has 0 spiro atoms. The van der Waals surface area contributed by atoms with E-state index in [9.17, 15) is 4.79 Å². The van der Waals surface area contributed by atoms with Gasteiger partial charge in [0.25, 0.3) is 5.56 Å². The number of aromatic nitrogens is 2. The summed E-state index contributed by atoms with van der Waals surface area (Å²) >= 11 is 0. The van der Waals surface area contributed by atoms with E-state index in [4.69, 9.17) is 9.72 Å². The van der Waals surface area contributed by atoms with Crippen LogP contribution in [0.15, 0.2) is 35.1 Å². The maximum absolute atomic E-state index is 12.6. The molecule has 0 bridgehead atoms. The Bertz CT molecular complexity index is 826. The normalized spacial score (nSPS) is 23.3. The smallest absolute Gasteiger partial charge is 0.255 e. The number of morpholine rings is 1. The molecule has 1 aromatic heterocycles. The molecule has 2 aliphatic heterocycles. The van der Waals surface area contributed by atoms with Gasteiger partial charge in [0.15, 0.2) is 0 Å². The summed E-state index contributed by atoms with van der Waals surface area (Å²) in [5, 5.41) is 0. The quantitative estimate of drug-likeness (QED) is 0.894. The molecule has 0 amide bonds. The van der Waals surface area contributed by atoms with E-state index in [1.54, 1.807) is 0 Å². The van der Waals surface area contributed by atoms with Gasteiger partial charge in [-0.1, -0.05) is 30.3 Å². The summed E-state index contributed by atoms with van der Waals surface area (Å²) in [7, 11) is 0. The molecule has 27 heavy (non-hydrogen) atoms. The second-order valence-corrected chi connectivity index (χ2v) is 7.74. The predicted molar refractivity (Wildman–Crippen MR) is 106 cm³/mol. The summed E-state index contributed by atoms with van der Waals surface area (Å²) in [6.45, 7) is 8.27. The number of hydrogen-bond donors (Lipinski definition) is 1. The number of ether oxygens (including phenoxy) is 1. The number of nitrogens with zero attached hydrogens (tertiary/aromatic N) is 3. The molecule has 0 unspecified atom stereocenters. The van der Waals surface area contributed by atoms with Crippen molar-refractivity contribution in [1.29, 1.82) is 0 Å². The maximum Gasteiger partial charge on any atom is 0.255 e. The molecule has 2 atom stereocenters. The number of anilines is 1. The second kappa shape index (κ2) is 7.82. The molecular weight excluding hydrogens is 340 g/mol. The SMILES string of the molecule is C[C@@H]1CN(c2nc3c(c(=O)[nH]2)CCN(CCc2ccccc2)C3)C[C@H](C)O1. The first-order valence-electron chi connectivity index (χ1n) is 9.87. The topological polar surface area (TPSA) is 61.5 Å². The molecule has 0 radical (unpaired) electrons. The third-order valence-corrected chi connectivity index (χ3v) is 5.42. The van der Waals surface area contributed by atoms with Crippen LogP contribution in [0.25, 0.3) is 0 Å². The Morgan fingerprint density at radius 3 is 2.67 bits per heavy atom. The van der Waals surface area contributed by atoms with Crippen LogP contribution in [0.5, 0.6) is 0 Å². The lowest BCUT2D eigenvalue weighted by atomic mass is 10.1. The molecule has 4 rings (SSSR count). The highest BCUT2D eigenvalue weighted by Gasteiger charge is 2.26. The molecule has 1 saturated heterocycles. The van der Waals surface area contributed by atoms with Crippen LogP contribution in [0.1, 0.15) is 30.7 Å². The third kappa shape index (κ3) is 4.22. The zero-order valence-electron chi connectivity index (χ0n) is 16.1. The van der Waals surface area contributed by atoms with Crippen molar-refractivity contribution in [2.45, 2.75) is 45.4 Å². The molecule has 1 aromatic carbocycles. The van der Waals surface area contributed by atoms with Gasteiger partial charge in [-0.2, -0.15) is 0 Å². The Kier molecular flexibility index (Phi) is 5.27. The van der Waals surface area contributed by atoms with Gasteiger partial charge in [-0.25, -0.2) is 4.98 Å². The van der Waals surface area contributed by atoms with Crippen molar-refractivity contribution in [3.05, 3.63) is 57.5 Å². The van der Waals surface area contributed by atoms with Gasteiger partial charge < -0.3 is 9.64 Å². The van der Waals surface area contributed by atoms with Gasteiger partial charge in [0.1, 0.15) is 0 Å². The molecule has 0 aliphatic carbocycles. The van der Waals surface area contributed by atoms with Crippen molar-refractivity contribution in [3.63, 3.8) is 0 Å². The van der Waals surface area contributed by atoms with E-state index in [0.29, 0.717) is 5.95 Å². The van der Waals surface area contributed by atoms with Crippen molar-refractivity contribution < 1.29 is 4.74 Å². The average molecular weight is 368 g/mol. The molecule has 2 aromatic rings. The molecule has 1 N–H and O–H groups in total. The van der Waals surface area contributed by atoms with Gasteiger partial charge in [-0.05, 0) is 32.3 Å². The van der Waals surface area contributed by atoms with Crippen LogP contribution < -0.4 is 10.5 Å². The predicted octanol–water partition coefficient (Wildman–Crippen LogP) is 1.98. The van der Waals surface area contributed by atoms with E-state index in [0.717, 1.165) is 56.8 Å². The first-order chi connectivity index (χ1) is 13.1. The Morgan fingerprint density at radius 2 is 1.93 bits per heavy atom. The van der Waals surface area contributed by atoms with Gasteiger partial charge in [-0.3, -0.25) is 14.7 Å². The van der Waals surface area contributed by atoms with Crippen LogP contribution in [-0.2, 0) is 24.1 Å². The first-order valence-corrected chi connectivity index (χ1v) is 9.87. The third-order valence-electron chi connectivity index (χ3n) is 5.42. The molecule has 3 heterocycles.